The maximum Gasteiger partial charge on any atom is 0.256 e. The molecule has 2 heterocycles. The fourth-order valence-electron chi connectivity index (χ4n) is 5.14. The Labute approximate surface area is 193 Å². The molecule has 3 aliphatic rings. The van der Waals surface area contributed by atoms with Crippen molar-refractivity contribution in [1.82, 2.24) is 15.1 Å². The Morgan fingerprint density at radius 3 is 2.70 bits per heavy atom. The third kappa shape index (κ3) is 3.89. The second-order valence-corrected chi connectivity index (χ2v) is 9.01. The topological polar surface area (TPSA) is 110 Å². The summed E-state index contributed by atoms with van der Waals surface area (Å²) in [5.74, 6) is -4.09. The molecular weight excluding hydrogens is 460 g/mol. The number of Topliss-reactive ketones (excluding diaryl/α,β-unsaturated/α-hetero) is 1. The van der Waals surface area contributed by atoms with Crippen molar-refractivity contribution in [3.05, 3.63) is 46.1 Å². The van der Waals surface area contributed by atoms with Crippen molar-refractivity contribution in [2.75, 3.05) is 13.2 Å². The summed E-state index contributed by atoms with van der Waals surface area (Å²) in [5, 5.41) is 21.8. The molecule has 33 heavy (non-hydrogen) atoms. The minimum absolute atomic E-state index is 0.0747. The first-order chi connectivity index (χ1) is 15.7. The van der Waals surface area contributed by atoms with Crippen LogP contribution in [0.25, 0.3) is 0 Å². The number of hydrogen-bond donors (Lipinski definition) is 3. The highest BCUT2D eigenvalue weighted by Crippen LogP contribution is 2.41. The molecule has 1 aliphatic carbocycles. The summed E-state index contributed by atoms with van der Waals surface area (Å²) in [4.78, 5) is 41.8. The van der Waals surface area contributed by atoms with Gasteiger partial charge in [-0.1, -0.05) is 24.6 Å². The van der Waals surface area contributed by atoms with Gasteiger partial charge in [-0.3, -0.25) is 14.4 Å². The normalized spacial score (nSPS) is 29.0. The number of fused-ring (bicyclic) bond motifs is 3. The van der Waals surface area contributed by atoms with Crippen LogP contribution in [-0.2, 0) is 20.9 Å². The zero-order valence-corrected chi connectivity index (χ0v) is 18.6. The van der Waals surface area contributed by atoms with Gasteiger partial charge < -0.3 is 25.3 Å². The number of nitrogens with one attached hydrogen (secondary N) is 1. The van der Waals surface area contributed by atoms with Gasteiger partial charge in [-0.15, -0.1) is 0 Å². The van der Waals surface area contributed by atoms with Crippen molar-refractivity contribution in [1.29, 1.82) is 0 Å². The molecule has 1 saturated carbocycles. The van der Waals surface area contributed by atoms with Gasteiger partial charge in [0.15, 0.2) is 0 Å². The highest BCUT2D eigenvalue weighted by atomic mass is 35.5. The summed E-state index contributed by atoms with van der Waals surface area (Å²) in [6.45, 7) is 1.49. The fraction of sp³-hybridized carbons (Fsp3) is 0.500. The molecule has 0 aromatic heterocycles. The van der Waals surface area contributed by atoms with Gasteiger partial charge in [0.05, 0.1) is 18.7 Å². The van der Waals surface area contributed by atoms with Crippen LogP contribution in [0.2, 0.25) is 5.02 Å². The number of rotatable bonds is 5. The molecule has 0 spiro atoms. The summed E-state index contributed by atoms with van der Waals surface area (Å²) in [5.41, 5.74) is -0.428. The van der Waals surface area contributed by atoms with Gasteiger partial charge in [0, 0.05) is 24.9 Å². The van der Waals surface area contributed by atoms with E-state index in [0.717, 1.165) is 18.6 Å². The highest BCUT2D eigenvalue weighted by Gasteiger charge is 2.55. The van der Waals surface area contributed by atoms with E-state index in [9.17, 15) is 33.4 Å². The molecular formula is C22H24ClF2N3O5. The largest absolute Gasteiger partial charge is 0.395 e. The monoisotopic (exact) mass is 483 g/mol. The minimum Gasteiger partial charge on any atom is -0.395 e. The van der Waals surface area contributed by atoms with Crippen LogP contribution >= 0.6 is 11.6 Å². The van der Waals surface area contributed by atoms with Gasteiger partial charge in [-0.2, -0.15) is 0 Å². The standard InChI is InChI=1S/C22H24ClF2N3O5/c1-10-2-5-14-17(10)28-9-12(19(30)20(31)18(28)22(33)27(14)6-7-29)21(32)26-8-11-3-4-13(24)15(23)16(11)25/h3-4,9-10,14,17-18,20,29,31H,2,5-8H2,1H3,(H,26,32)/t10-,14+,17-,18?,20?/m0/s1. The smallest absolute Gasteiger partial charge is 0.256 e. The van der Waals surface area contributed by atoms with Crippen LogP contribution in [-0.4, -0.2) is 75.0 Å². The Kier molecular flexibility index (Phi) is 6.43. The SMILES string of the molecule is C[C@H]1CC[C@@H]2[C@H]1N1C=C(C(=O)NCc3ccc(F)c(Cl)c3F)C(=O)C(O)C1C(=O)N2CCO. The number of β-amino-alcohol motifs (C(OH)–C–C–N with tert-alkyl or cyclic N) is 1. The van der Waals surface area contributed by atoms with Crippen molar-refractivity contribution < 1.29 is 33.4 Å². The quantitative estimate of drug-likeness (QED) is 0.421. The van der Waals surface area contributed by atoms with Crippen LogP contribution in [0.3, 0.4) is 0 Å². The van der Waals surface area contributed by atoms with Gasteiger partial charge in [0.25, 0.3) is 5.91 Å². The number of carbonyl (C=O) groups excluding carboxylic acids is 3. The van der Waals surface area contributed by atoms with Gasteiger partial charge >= 0.3 is 0 Å². The van der Waals surface area contributed by atoms with Crippen LogP contribution in [0.15, 0.2) is 23.9 Å². The van der Waals surface area contributed by atoms with E-state index in [4.69, 9.17) is 11.6 Å². The number of aliphatic hydroxyl groups excluding tert-OH is 2. The molecule has 178 valence electrons. The predicted octanol–water partition coefficient (Wildman–Crippen LogP) is 0.734. The number of aliphatic hydroxyl groups is 2. The second kappa shape index (κ2) is 9.00. The van der Waals surface area contributed by atoms with Crippen LogP contribution < -0.4 is 5.32 Å². The van der Waals surface area contributed by atoms with Gasteiger partial charge in [0.1, 0.15) is 34.4 Å². The lowest BCUT2D eigenvalue weighted by molar-refractivity contribution is -0.160. The lowest BCUT2D eigenvalue weighted by atomic mass is 9.86. The molecule has 0 bridgehead atoms. The highest BCUT2D eigenvalue weighted by molar-refractivity contribution is 6.31. The van der Waals surface area contributed by atoms with Crippen molar-refractivity contribution in [3.63, 3.8) is 0 Å². The van der Waals surface area contributed by atoms with E-state index in [-0.39, 0.29) is 48.8 Å². The van der Waals surface area contributed by atoms with Gasteiger partial charge in [0.2, 0.25) is 11.7 Å². The summed E-state index contributed by atoms with van der Waals surface area (Å²) in [7, 11) is 0. The van der Waals surface area contributed by atoms with Crippen LogP contribution in [0.5, 0.6) is 0 Å². The van der Waals surface area contributed by atoms with Crippen molar-refractivity contribution in [2.24, 2.45) is 5.92 Å². The molecule has 11 heteroatoms. The van der Waals surface area contributed by atoms with Crippen LogP contribution in [0.4, 0.5) is 8.78 Å². The van der Waals surface area contributed by atoms with Crippen molar-refractivity contribution in [2.45, 2.75) is 50.5 Å². The number of ketones is 1. The summed E-state index contributed by atoms with van der Waals surface area (Å²) in [6, 6.07) is 0.454. The molecule has 8 nitrogen and oxygen atoms in total. The molecule has 2 amide bonds. The molecule has 1 aromatic carbocycles. The van der Waals surface area contributed by atoms with Crippen molar-refractivity contribution >= 4 is 29.2 Å². The first-order valence-electron chi connectivity index (χ1n) is 10.7. The van der Waals surface area contributed by atoms with Crippen molar-refractivity contribution in [3.8, 4) is 0 Å². The second-order valence-electron chi connectivity index (χ2n) is 8.63. The lowest BCUT2D eigenvalue weighted by Gasteiger charge is -2.52. The fourth-order valence-corrected chi connectivity index (χ4v) is 5.33. The summed E-state index contributed by atoms with van der Waals surface area (Å²) < 4.78 is 27.5. The van der Waals surface area contributed by atoms with E-state index in [2.05, 4.69) is 5.32 Å². The van der Waals surface area contributed by atoms with Crippen LogP contribution in [0.1, 0.15) is 25.3 Å². The summed E-state index contributed by atoms with van der Waals surface area (Å²) >= 11 is 5.56. The number of amides is 2. The van der Waals surface area contributed by atoms with E-state index in [0.29, 0.717) is 6.42 Å². The first kappa shape index (κ1) is 23.6. The zero-order chi connectivity index (χ0) is 24.0. The van der Waals surface area contributed by atoms with E-state index >= 15 is 0 Å². The van der Waals surface area contributed by atoms with E-state index in [1.165, 1.54) is 11.1 Å². The molecule has 1 saturated heterocycles. The van der Waals surface area contributed by atoms with E-state index < -0.39 is 46.4 Å². The van der Waals surface area contributed by atoms with Gasteiger partial charge in [-0.05, 0) is 24.8 Å². The third-order valence-corrected chi connectivity index (χ3v) is 7.09. The third-order valence-electron chi connectivity index (χ3n) is 6.75. The number of halogens is 3. The lowest BCUT2D eigenvalue weighted by Crippen LogP contribution is -2.70. The number of hydrogen-bond acceptors (Lipinski definition) is 6. The Bertz CT molecular complexity index is 1040. The van der Waals surface area contributed by atoms with Crippen LogP contribution in [0, 0.1) is 17.6 Å². The molecule has 2 unspecified atom stereocenters. The molecule has 5 atom stereocenters. The maximum atomic E-state index is 14.1. The van der Waals surface area contributed by atoms with E-state index in [1.807, 2.05) is 6.92 Å². The minimum atomic E-state index is -1.77. The molecule has 1 aromatic rings. The molecule has 2 aliphatic heterocycles. The zero-order valence-electron chi connectivity index (χ0n) is 17.8. The Balaban J connectivity index is 1.61. The first-order valence-corrected chi connectivity index (χ1v) is 11.1. The Morgan fingerprint density at radius 1 is 1.27 bits per heavy atom. The average Bonchev–Trinajstić information content (AvgIpc) is 3.17. The molecule has 3 N–H and O–H groups in total. The molecule has 2 fully saturated rings. The Morgan fingerprint density at radius 2 is 2.00 bits per heavy atom. The average molecular weight is 484 g/mol. The van der Waals surface area contributed by atoms with E-state index in [1.54, 1.807) is 4.90 Å². The maximum absolute atomic E-state index is 14.1. The number of benzene rings is 1. The van der Waals surface area contributed by atoms with Gasteiger partial charge in [-0.25, -0.2) is 8.78 Å². The molecule has 4 rings (SSSR count). The number of nitrogens with zero attached hydrogens (tertiary/aromatic N) is 2. The number of carbonyl (C=O) groups is 3. The summed E-state index contributed by atoms with van der Waals surface area (Å²) in [6.07, 6.45) is 1.04. The Hall–Kier alpha value is -2.56. The number of piperazine rings is 1. The predicted molar refractivity (Wildman–Crippen MR) is 113 cm³/mol. The molecule has 0 radical (unpaired) electrons.